The molecule has 0 saturated carbocycles. The van der Waals surface area contributed by atoms with Gasteiger partial charge in [0.2, 0.25) is 0 Å². The van der Waals surface area contributed by atoms with Gasteiger partial charge in [0.25, 0.3) is 0 Å². The highest BCUT2D eigenvalue weighted by atomic mass is 79.9. The fourth-order valence-electron chi connectivity index (χ4n) is 1.38. The van der Waals surface area contributed by atoms with Gasteiger partial charge in [-0.25, -0.2) is 4.39 Å². The average Bonchev–Trinajstić information content (AvgIpc) is 2.49. The molecule has 0 saturated heterocycles. The second-order valence-corrected chi connectivity index (χ2v) is 4.74. The van der Waals surface area contributed by atoms with Gasteiger partial charge in [0.15, 0.2) is 11.4 Å². The van der Waals surface area contributed by atoms with Crippen molar-refractivity contribution in [2.75, 3.05) is 6.26 Å². The topological polar surface area (TPSA) is 13.1 Å². The van der Waals surface area contributed by atoms with E-state index >= 15 is 0 Å². The van der Waals surface area contributed by atoms with Gasteiger partial charge in [-0.15, -0.1) is 0 Å². The van der Waals surface area contributed by atoms with Crippen molar-refractivity contribution in [1.29, 1.82) is 0 Å². The molecule has 0 aliphatic carbocycles. The summed E-state index contributed by atoms with van der Waals surface area (Å²) in [7, 11) is 0. The summed E-state index contributed by atoms with van der Waals surface area (Å²) >= 11 is 4.95. The fraction of sp³-hybridized carbons (Fsp3) is 0.200. The lowest BCUT2D eigenvalue weighted by atomic mass is 10.2. The molecule has 0 spiro atoms. The van der Waals surface area contributed by atoms with Gasteiger partial charge in [-0.3, -0.25) is 0 Å². The molecule has 2 aromatic rings. The highest BCUT2D eigenvalue weighted by molar-refractivity contribution is 9.10. The summed E-state index contributed by atoms with van der Waals surface area (Å²) in [5.41, 5.74) is 1.38. The summed E-state index contributed by atoms with van der Waals surface area (Å²) in [6, 6.07) is 3.29. The standard InChI is InChI=1S/C10H8BrFOS/c1-14-5-6-4-13-10-8(6)2-7(11)3-9(10)12/h2-4H,5H2,1H3. The normalized spacial score (nSPS) is 11.1. The zero-order chi connectivity index (χ0) is 10.1. The van der Waals surface area contributed by atoms with Crippen molar-refractivity contribution in [3.63, 3.8) is 0 Å². The molecule has 1 aromatic carbocycles. The summed E-state index contributed by atoms with van der Waals surface area (Å²) in [4.78, 5) is 0. The highest BCUT2D eigenvalue weighted by Crippen LogP contribution is 2.29. The van der Waals surface area contributed by atoms with Gasteiger partial charge in [0.1, 0.15) is 0 Å². The van der Waals surface area contributed by atoms with E-state index in [1.807, 2.05) is 12.3 Å². The SMILES string of the molecule is CSCc1coc2c(F)cc(Br)cc12. The van der Waals surface area contributed by atoms with Crippen LogP contribution in [0.15, 0.2) is 27.3 Å². The van der Waals surface area contributed by atoms with Gasteiger partial charge in [-0.2, -0.15) is 11.8 Å². The van der Waals surface area contributed by atoms with E-state index in [2.05, 4.69) is 15.9 Å². The van der Waals surface area contributed by atoms with Crippen LogP contribution in [0.5, 0.6) is 0 Å². The molecule has 1 aromatic heterocycles. The van der Waals surface area contributed by atoms with Crippen molar-refractivity contribution in [3.05, 3.63) is 34.2 Å². The third kappa shape index (κ3) is 1.68. The number of hydrogen-bond donors (Lipinski definition) is 0. The molecule has 4 heteroatoms. The molecule has 2 rings (SSSR count). The van der Waals surface area contributed by atoms with Crippen molar-refractivity contribution in [2.24, 2.45) is 0 Å². The van der Waals surface area contributed by atoms with E-state index in [0.29, 0.717) is 5.58 Å². The maximum Gasteiger partial charge on any atom is 0.169 e. The van der Waals surface area contributed by atoms with Crippen molar-refractivity contribution in [2.45, 2.75) is 5.75 Å². The number of rotatable bonds is 2. The van der Waals surface area contributed by atoms with Gasteiger partial charge in [-0.1, -0.05) is 15.9 Å². The maximum atomic E-state index is 13.4. The lowest BCUT2D eigenvalue weighted by Crippen LogP contribution is -1.79. The molecule has 0 aliphatic heterocycles. The highest BCUT2D eigenvalue weighted by Gasteiger charge is 2.10. The fourth-order valence-corrected chi connectivity index (χ4v) is 2.34. The zero-order valence-corrected chi connectivity index (χ0v) is 9.91. The Morgan fingerprint density at radius 3 is 3.00 bits per heavy atom. The van der Waals surface area contributed by atoms with Crippen LogP contribution in [0.2, 0.25) is 0 Å². The molecule has 0 aliphatic rings. The van der Waals surface area contributed by atoms with Gasteiger partial charge in [-0.05, 0) is 18.4 Å². The molecule has 74 valence electrons. The number of hydrogen-bond acceptors (Lipinski definition) is 2. The number of benzene rings is 1. The Balaban J connectivity index is 2.66. The van der Waals surface area contributed by atoms with E-state index < -0.39 is 0 Å². The Morgan fingerprint density at radius 2 is 2.29 bits per heavy atom. The molecule has 14 heavy (non-hydrogen) atoms. The third-order valence-corrected chi connectivity index (χ3v) is 3.03. The van der Waals surface area contributed by atoms with Crippen LogP contribution in [0.1, 0.15) is 5.56 Å². The molecule has 0 radical (unpaired) electrons. The van der Waals surface area contributed by atoms with Crippen LogP contribution in [-0.2, 0) is 5.75 Å². The molecular formula is C10H8BrFOS. The largest absolute Gasteiger partial charge is 0.461 e. The van der Waals surface area contributed by atoms with E-state index in [9.17, 15) is 4.39 Å². The minimum atomic E-state index is -0.318. The first-order valence-electron chi connectivity index (χ1n) is 4.06. The Kier molecular flexibility index (Phi) is 2.83. The summed E-state index contributed by atoms with van der Waals surface area (Å²) in [6.45, 7) is 0. The number of fused-ring (bicyclic) bond motifs is 1. The summed E-state index contributed by atoms with van der Waals surface area (Å²) in [6.07, 6.45) is 3.63. The Hall–Kier alpha value is -0.480. The van der Waals surface area contributed by atoms with Crippen molar-refractivity contribution in [1.82, 2.24) is 0 Å². The van der Waals surface area contributed by atoms with Crippen LogP contribution in [0.25, 0.3) is 11.0 Å². The molecule has 0 atom stereocenters. The lowest BCUT2D eigenvalue weighted by Gasteiger charge is -1.96. The molecule has 0 unspecified atom stereocenters. The van der Waals surface area contributed by atoms with Gasteiger partial charge < -0.3 is 4.42 Å². The average molecular weight is 275 g/mol. The van der Waals surface area contributed by atoms with E-state index in [4.69, 9.17) is 4.42 Å². The summed E-state index contributed by atoms with van der Waals surface area (Å²) < 4.78 is 19.3. The monoisotopic (exact) mass is 274 g/mol. The van der Waals surface area contributed by atoms with E-state index in [0.717, 1.165) is 21.2 Å². The van der Waals surface area contributed by atoms with E-state index in [1.54, 1.807) is 18.0 Å². The van der Waals surface area contributed by atoms with Crippen molar-refractivity contribution < 1.29 is 8.81 Å². The van der Waals surface area contributed by atoms with Crippen LogP contribution >= 0.6 is 27.7 Å². The second kappa shape index (κ2) is 3.95. The van der Waals surface area contributed by atoms with Crippen molar-refractivity contribution in [3.8, 4) is 0 Å². The molecule has 0 fully saturated rings. The minimum Gasteiger partial charge on any atom is -0.461 e. The summed E-state index contributed by atoms with van der Waals surface area (Å²) in [5.74, 6) is 0.518. The number of thioether (sulfide) groups is 1. The quantitative estimate of drug-likeness (QED) is 0.814. The zero-order valence-electron chi connectivity index (χ0n) is 7.51. The van der Waals surface area contributed by atoms with Crippen molar-refractivity contribution >= 4 is 38.7 Å². The smallest absolute Gasteiger partial charge is 0.169 e. The maximum absolute atomic E-state index is 13.4. The number of furan rings is 1. The summed E-state index contributed by atoms with van der Waals surface area (Å²) in [5, 5.41) is 0.853. The third-order valence-electron chi connectivity index (χ3n) is 1.97. The Labute approximate surface area is 93.8 Å². The lowest BCUT2D eigenvalue weighted by molar-refractivity contribution is 0.558. The first-order chi connectivity index (χ1) is 6.72. The van der Waals surface area contributed by atoms with E-state index in [1.165, 1.54) is 6.07 Å². The molecule has 0 N–H and O–H groups in total. The number of halogens is 2. The first kappa shape index (κ1) is 10.1. The minimum absolute atomic E-state index is 0.318. The van der Waals surface area contributed by atoms with Crippen LogP contribution in [-0.4, -0.2) is 6.26 Å². The van der Waals surface area contributed by atoms with Crippen LogP contribution in [0.3, 0.4) is 0 Å². The van der Waals surface area contributed by atoms with Gasteiger partial charge in [0, 0.05) is 21.2 Å². The first-order valence-corrected chi connectivity index (χ1v) is 6.25. The molecule has 1 nitrogen and oxygen atoms in total. The second-order valence-electron chi connectivity index (χ2n) is 2.96. The van der Waals surface area contributed by atoms with E-state index in [-0.39, 0.29) is 5.82 Å². The van der Waals surface area contributed by atoms with Crippen LogP contribution in [0.4, 0.5) is 4.39 Å². The van der Waals surface area contributed by atoms with Gasteiger partial charge in [0.05, 0.1) is 6.26 Å². The molecular weight excluding hydrogens is 267 g/mol. The molecule has 0 amide bonds. The predicted octanol–water partition coefficient (Wildman–Crippen LogP) is 4.20. The molecule has 1 heterocycles. The predicted molar refractivity (Wildman–Crippen MR) is 61.1 cm³/mol. The Bertz CT molecular complexity index is 466. The molecule has 0 bridgehead atoms. The van der Waals surface area contributed by atoms with Crippen LogP contribution in [0, 0.1) is 5.82 Å². The van der Waals surface area contributed by atoms with Gasteiger partial charge >= 0.3 is 0 Å². The van der Waals surface area contributed by atoms with Crippen LogP contribution < -0.4 is 0 Å². The Morgan fingerprint density at radius 1 is 1.50 bits per heavy atom.